The summed E-state index contributed by atoms with van der Waals surface area (Å²) in [7, 11) is 3.24. The Morgan fingerprint density at radius 3 is 2.55 bits per heavy atom. The van der Waals surface area contributed by atoms with Crippen LogP contribution in [0.1, 0.15) is 31.9 Å². The molecule has 1 rings (SSSR count). The van der Waals surface area contributed by atoms with E-state index in [4.69, 9.17) is 14.6 Å². The molecular weight excluding hydrogens is 258 g/mol. The van der Waals surface area contributed by atoms with Gasteiger partial charge in [0.05, 0.1) is 20.6 Å². The van der Waals surface area contributed by atoms with E-state index in [0.29, 0.717) is 6.54 Å². The van der Waals surface area contributed by atoms with Crippen LogP contribution in [0.4, 0.5) is 0 Å². The number of aliphatic carboxylic acids is 1. The number of carboxylic acid groups (broad SMARTS) is 1. The van der Waals surface area contributed by atoms with Gasteiger partial charge in [-0.15, -0.1) is 0 Å². The molecule has 20 heavy (non-hydrogen) atoms. The highest BCUT2D eigenvalue weighted by Gasteiger charge is 2.19. The van der Waals surface area contributed by atoms with Crippen molar-refractivity contribution in [3.63, 3.8) is 0 Å². The van der Waals surface area contributed by atoms with Gasteiger partial charge < -0.3 is 14.6 Å². The first kappa shape index (κ1) is 16.3. The maximum Gasteiger partial charge on any atom is 0.304 e. The fraction of sp³-hybridized carbons (Fsp3) is 0.533. The third-order valence-electron chi connectivity index (χ3n) is 3.46. The van der Waals surface area contributed by atoms with E-state index >= 15 is 0 Å². The summed E-state index contributed by atoms with van der Waals surface area (Å²) in [5, 5.41) is 8.81. The molecule has 112 valence electrons. The minimum absolute atomic E-state index is 0.0835. The number of benzene rings is 1. The molecule has 0 fully saturated rings. The van der Waals surface area contributed by atoms with Crippen molar-refractivity contribution >= 4 is 5.97 Å². The van der Waals surface area contributed by atoms with E-state index in [1.165, 1.54) is 0 Å². The molecule has 0 aliphatic carbocycles. The van der Waals surface area contributed by atoms with Crippen molar-refractivity contribution < 1.29 is 19.4 Å². The fourth-order valence-electron chi connectivity index (χ4n) is 2.23. The molecule has 5 heteroatoms. The van der Waals surface area contributed by atoms with Crippen LogP contribution in [-0.2, 0) is 4.79 Å². The van der Waals surface area contributed by atoms with Crippen molar-refractivity contribution in [2.24, 2.45) is 0 Å². The fourth-order valence-corrected chi connectivity index (χ4v) is 2.23. The Labute approximate surface area is 120 Å². The Hall–Kier alpha value is -1.75. The number of hydrogen-bond donors (Lipinski definition) is 1. The van der Waals surface area contributed by atoms with Crippen LogP contribution in [0.5, 0.6) is 11.5 Å². The molecule has 0 radical (unpaired) electrons. The summed E-state index contributed by atoms with van der Waals surface area (Å²) in [6, 6.07) is 5.78. The molecule has 1 aromatic carbocycles. The maximum absolute atomic E-state index is 10.7. The minimum atomic E-state index is -0.780. The topological polar surface area (TPSA) is 59.0 Å². The monoisotopic (exact) mass is 281 g/mol. The molecule has 0 saturated heterocycles. The SMILES string of the molecule is CCN(CCC(=O)O)C(C)c1ccc(OC)cc1OC. The largest absolute Gasteiger partial charge is 0.497 e. The van der Waals surface area contributed by atoms with Crippen LogP contribution >= 0.6 is 0 Å². The second kappa shape index (κ2) is 7.75. The summed E-state index contributed by atoms with van der Waals surface area (Å²) in [5.41, 5.74) is 1.03. The highest BCUT2D eigenvalue weighted by atomic mass is 16.5. The summed E-state index contributed by atoms with van der Waals surface area (Å²) in [6.07, 6.45) is 0.136. The van der Waals surface area contributed by atoms with Gasteiger partial charge in [-0.1, -0.05) is 13.0 Å². The third kappa shape index (κ3) is 4.13. The third-order valence-corrected chi connectivity index (χ3v) is 3.46. The number of rotatable bonds is 8. The lowest BCUT2D eigenvalue weighted by atomic mass is 10.0. The molecule has 0 aliphatic rings. The highest BCUT2D eigenvalue weighted by Crippen LogP contribution is 2.32. The average molecular weight is 281 g/mol. The Kier molecular flexibility index (Phi) is 6.31. The van der Waals surface area contributed by atoms with E-state index in [-0.39, 0.29) is 12.5 Å². The molecular formula is C15H23NO4. The van der Waals surface area contributed by atoms with E-state index in [9.17, 15) is 4.79 Å². The zero-order valence-corrected chi connectivity index (χ0v) is 12.5. The van der Waals surface area contributed by atoms with Crippen molar-refractivity contribution in [2.45, 2.75) is 26.3 Å². The van der Waals surface area contributed by atoms with Crippen LogP contribution < -0.4 is 9.47 Å². The molecule has 0 bridgehead atoms. The van der Waals surface area contributed by atoms with Crippen LogP contribution in [0.3, 0.4) is 0 Å². The van der Waals surface area contributed by atoms with Crippen LogP contribution in [0.2, 0.25) is 0 Å². The second-order valence-corrected chi connectivity index (χ2v) is 4.56. The zero-order chi connectivity index (χ0) is 15.1. The Balaban J connectivity index is 2.93. The first-order valence-corrected chi connectivity index (χ1v) is 6.71. The molecule has 5 nitrogen and oxygen atoms in total. The Morgan fingerprint density at radius 2 is 2.05 bits per heavy atom. The first-order chi connectivity index (χ1) is 9.53. The lowest BCUT2D eigenvalue weighted by Crippen LogP contribution is -2.29. The minimum Gasteiger partial charge on any atom is -0.497 e. The molecule has 1 aromatic rings. The Morgan fingerprint density at radius 1 is 1.35 bits per heavy atom. The van der Waals surface area contributed by atoms with Crippen molar-refractivity contribution in [1.29, 1.82) is 0 Å². The van der Waals surface area contributed by atoms with Gasteiger partial charge in [-0.3, -0.25) is 9.69 Å². The molecule has 1 unspecified atom stereocenters. The molecule has 0 spiro atoms. The van der Waals surface area contributed by atoms with Crippen molar-refractivity contribution in [2.75, 3.05) is 27.3 Å². The van der Waals surface area contributed by atoms with E-state index in [1.807, 2.05) is 25.1 Å². The van der Waals surface area contributed by atoms with Crippen molar-refractivity contribution in [3.8, 4) is 11.5 Å². The van der Waals surface area contributed by atoms with Crippen molar-refractivity contribution in [3.05, 3.63) is 23.8 Å². The maximum atomic E-state index is 10.7. The van der Waals surface area contributed by atoms with Gasteiger partial charge in [0.1, 0.15) is 11.5 Å². The summed E-state index contributed by atoms with van der Waals surface area (Å²) in [5.74, 6) is 0.717. The number of carboxylic acids is 1. The predicted molar refractivity (Wildman–Crippen MR) is 77.5 cm³/mol. The van der Waals surface area contributed by atoms with Gasteiger partial charge in [-0.2, -0.15) is 0 Å². The predicted octanol–water partition coefficient (Wildman–Crippen LogP) is 2.56. The van der Waals surface area contributed by atoms with Gasteiger partial charge >= 0.3 is 5.97 Å². The van der Waals surface area contributed by atoms with E-state index in [0.717, 1.165) is 23.6 Å². The summed E-state index contributed by atoms with van der Waals surface area (Å²) in [4.78, 5) is 12.8. The second-order valence-electron chi connectivity index (χ2n) is 4.56. The van der Waals surface area contributed by atoms with Gasteiger partial charge in [-0.25, -0.2) is 0 Å². The lowest BCUT2D eigenvalue weighted by Gasteiger charge is -2.28. The van der Waals surface area contributed by atoms with Gasteiger partial charge in [0.2, 0.25) is 0 Å². The quantitative estimate of drug-likeness (QED) is 0.793. The zero-order valence-electron chi connectivity index (χ0n) is 12.5. The van der Waals surface area contributed by atoms with Gasteiger partial charge in [0, 0.05) is 24.2 Å². The number of hydrogen-bond acceptors (Lipinski definition) is 4. The Bertz CT molecular complexity index is 447. The molecule has 1 N–H and O–H groups in total. The van der Waals surface area contributed by atoms with E-state index < -0.39 is 5.97 Å². The summed E-state index contributed by atoms with van der Waals surface area (Å²) < 4.78 is 10.6. The molecule has 0 saturated carbocycles. The number of methoxy groups -OCH3 is 2. The summed E-state index contributed by atoms with van der Waals surface area (Å²) >= 11 is 0. The van der Waals surface area contributed by atoms with Crippen molar-refractivity contribution in [1.82, 2.24) is 4.90 Å². The standard InChI is InChI=1S/C15H23NO4/c1-5-16(9-8-15(17)18)11(2)13-7-6-12(19-3)10-14(13)20-4/h6-7,10-11H,5,8-9H2,1-4H3,(H,17,18). The van der Waals surface area contributed by atoms with E-state index in [2.05, 4.69) is 11.8 Å². The lowest BCUT2D eigenvalue weighted by molar-refractivity contribution is -0.137. The molecule has 0 amide bonds. The van der Waals surface area contributed by atoms with Crippen LogP contribution in [0, 0.1) is 0 Å². The molecule has 0 aliphatic heterocycles. The number of ether oxygens (including phenoxy) is 2. The number of nitrogens with zero attached hydrogens (tertiary/aromatic N) is 1. The number of carbonyl (C=O) groups is 1. The molecule has 0 heterocycles. The van der Waals surface area contributed by atoms with E-state index in [1.54, 1.807) is 14.2 Å². The molecule has 1 atom stereocenters. The normalized spacial score (nSPS) is 12.2. The smallest absolute Gasteiger partial charge is 0.304 e. The first-order valence-electron chi connectivity index (χ1n) is 6.71. The van der Waals surface area contributed by atoms with Gasteiger partial charge in [0.15, 0.2) is 0 Å². The van der Waals surface area contributed by atoms with Gasteiger partial charge in [-0.05, 0) is 19.5 Å². The van der Waals surface area contributed by atoms with Crippen LogP contribution in [0.25, 0.3) is 0 Å². The van der Waals surface area contributed by atoms with Gasteiger partial charge in [0.25, 0.3) is 0 Å². The average Bonchev–Trinajstić information content (AvgIpc) is 2.46. The highest BCUT2D eigenvalue weighted by molar-refractivity contribution is 5.66. The summed E-state index contributed by atoms with van der Waals surface area (Å²) in [6.45, 7) is 5.37. The molecule has 0 aromatic heterocycles. The van der Waals surface area contributed by atoms with Crippen LogP contribution in [0.15, 0.2) is 18.2 Å². The van der Waals surface area contributed by atoms with Crippen LogP contribution in [-0.4, -0.2) is 43.3 Å².